The summed E-state index contributed by atoms with van der Waals surface area (Å²) in [6, 6.07) is 4.21. The lowest BCUT2D eigenvalue weighted by Crippen LogP contribution is -2.62. The molecule has 0 saturated heterocycles. The van der Waals surface area contributed by atoms with Gasteiger partial charge in [0.15, 0.2) is 5.60 Å². The molecule has 3 aliphatic rings. The second-order valence-corrected chi connectivity index (χ2v) is 8.86. The number of aromatic hydroxyl groups is 2. The van der Waals surface area contributed by atoms with Gasteiger partial charge < -0.3 is 25.8 Å². The number of rotatable bonds is 2. The van der Waals surface area contributed by atoms with Crippen molar-refractivity contribution in [1.29, 1.82) is 0 Å². The van der Waals surface area contributed by atoms with Crippen LogP contribution in [0, 0.1) is 12.8 Å². The topological polar surface area (TPSA) is 133 Å². The molecule has 1 amide bonds. The number of carbonyl (C=O) groups excluding carboxylic acids is 2. The van der Waals surface area contributed by atoms with E-state index >= 15 is 0 Å². The predicted molar refractivity (Wildman–Crippen MR) is 117 cm³/mol. The molecule has 0 bridgehead atoms. The van der Waals surface area contributed by atoms with Gasteiger partial charge in [0.05, 0.1) is 29.2 Å². The minimum atomic E-state index is -1.57. The lowest BCUT2D eigenvalue weighted by Gasteiger charge is -2.50. The summed E-state index contributed by atoms with van der Waals surface area (Å²) in [6.45, 7) is 1.91. The second-order valence-electron chi connectivity index (χ2n) is 8.86. The Morgan fingerprint density at radius 2 is 1.97 bits per heavy atom. The molecular weight excluding hydrogens is 412 g/mol. The van der Waals surface area contributed by atoms with Crippen molar-refractivity contribution in [3.05, 3.63) is 57.9 Å². The van der Waals surface area contributed by atoms with Crippen LogP contribution in [0.25, 0.3) is 10.8 Å². The van der Waals surface area contributed by atoms with E-state index in [1.807, 2.05) is 6.92 Å². The Morgan fingerprint density at radius 1 is 1.25 bits per heavy atom. The number of ether oxygens (including phenoxy) is 1. The Kier molecular flexibility index (Phi) is 4.22. The molecular formula is C24H24N2O6. The summed E-state index contributed by atoms with van der Waals surface area (Å²) in [5.41, 5.74) is 5.65. The molecule has 1 aliphatic heterocycles. The molecule has 8 heteroatoms. The Bertz CT molecular complexity index is 1290. The molecule has 2 aromatic rings. The molecule has 32 heavy (non-hydrogen) atoms. The highest BCUT2D eigenvalue weighted by atomic mass is 16.5. The van der Waals surface area contributed by atoms with E-state index in [9.17, 15) is 24.9 Å². The molecule has 166 valence electrons. The van der Waals surface area contributed by atoms with E-state index in [-0.39, 0.29) is 46.0 Å². The summed E-state index contributed by atoms with van der Waals surface area (Å²) in [5, 5.41) is 33.5. The third-order valence-corrected chi connectivity index (χ3v) is 7.17. The van der Waals surface area contributed by atoms with Crippen molar-refractivity contribution in [2.75, 3.05) is 20.7 Å². The molecule has 8 nitrogen and oxygen atoms in total. The Labute approximate surface area is 184 Å². The van der Waals surface area contributed by atoms with Crippen LogP contribution in [0.1, 0.15) is 21.5 Å². The van der Waals surface area contributed by atoms with E-state index in [1.54, 1.807) is 37.2 Å². The van der Waals surface area contributed by atoms with Gasteiger partial charge in [0.1, 0.15) is 17.3 Å². The number of phenolic OH excluding ortho intramolecular Hbond substituents is 2. The smallest absolute Gasteiger partial charge is 0.252 e. The molecule has 5 N–H and O–H groups in total. The zero-order valence-corrected chi connectivity index (χ0v) is 18.0. The summed E-state index contributed by atoms with van der Waals surface area (Å²) in [6.07, 6.45) is 1.91. The molecule has 1 spiro atoms. The number of ketones is 1. The van der Waals surface area contributed by atoms with Gasteiger partial charge in [0, 0.05) is 11.5 Å². The number of phenols is 2. The highest BCUT2D eigenvalue weighted by Crippen LogP contribution is 2.55. The molecule has 3 atom stereocenters. The Hall–Kier alpha value is -3.36. The summed E-state index contributed by atoms with van der Waals surface area (Å²) < 4.78 is 6.07. The van der Waals surface area contributed by atoms with Crippen LogP contribution < -0.4 is 5.73 Å². The zero-order chi connectivity index (χ0) is 23.1. The van der Waals surface area contributed by atoms with Crippen molar-refractivity contribution in [2.24, 2.45) is 11.7 Å². The minimum absolute atomic E-state index is 0.0652. The number of Topliss-reactive ketones (excluding diaryl/α,β-unsaturated/α-hetero) is 1. The van der Waals surface area contributed by atoms with Crippen molar-refractivity contribution < 1.29 is 29.6 Å². The summed E-state index contributed by atoms with van der Waals surface area (Å²) >= 11 is 0. The largest absolute Gasteiger partial charge is 0.510 e. The number of aliphatic hydroxyl groups excluding tert-OH is 1. The van der Waals surface area contributed by atoms with Gasteiger partial charge in [-0.05, 0) is 50.0 Å². The molecule has 5 rings (SSSR count). The van der Waals surface area contributed by atoms with E-state index in [0.717, 1.165) is 5.56 Å². The van der Waals surface area contributed by atoms with Crippen LogP contribution in [-0.2, 0) is 16.0 Å². The Balaban J connectivity index is 1.87. The van der Waals surface area contributed by atoms with Gasteiger partial charge >= 0.3 is 0 Å². The fourth-order valence-electron chi connectivity index (χ4n) is 5.88. The van der Waals surface area contributed by atoms with E-state index in [1.165, 1.54) is 6.07 Å². The molecule has 0 saturated carbocycles. The van der Waals surface area contributed by atoms with E-state index in [4.69, 9.17) is 10.5 Å². The van der Waals surface area contributed by atoms with Crippen LogP contribution >= 0.6 is 0 Å². The van der Waals surface area contributed by atoms with Crippen LogP contribution in [0.2, 0.25) is 0 Å². The van der Waals surface area contributed by atoms with Crippen molar-refractivity contribution in [1.82, 2.24) is 4.90 Å². The van der Waals surface area contributed by atoms with Gasteiger partial charge in [0.2, 0.25) is 5.78 Å². The SMILES string of the molecule is Cc1c2c(c(O)c3c(O)cccc13)C(=O)[C@]13OCC=C1C(C(N)=O)=C(O)[C@H](N(C)C)[C@@H]3C2. The number of nitrogens with two attached hydrogens (primary N) is 1. The van der Waals surface area contributed by atoms with E-state index < -0.39 is 29.3 Å². The fourth-order valence-corrected chi connectivity index (χ4v) is 5.88. The van der Waals surface area contributed by atoms with Crippen LogP contribution in [0.15, 0.2) is 41.2 Å². The minimum Gasteiger partial charge on any atom is -0.510 e. The van der Waals surface area contributed by atoms with Gasteiger partial charge in [-0.25, -0.2) is 0 Å². The highest BCUT2D eigenvalue weighted by molar-refractivity contribution is 6.17. The summed E-state index contributed by atoms with van der Waals surface area (Å²) in [4.78, 5) is 28.2. The third kappa shape index (κ3) is 2.28. The number of carbonyl (C=O) groups is 2. The summed E-state index contributed by atoms with van der Waals surface area (Å²) in [5.74, 6) is -2.53. The van der Waals surface area contributed by atoms with Crippen molar-refractivity contribution in [3.8, 4) is 11.5 Å². The lowest BCUT2D eigenvalue weighted by atomic mass is 9.59. The number of amides is 1. The number of benzene rings is 2. The van der Waals surface area contributed by atoms with E-state index in [2.05, 4.69) is 0 Å². The normalized spacial score (nSPS) is 26.8. The third-order valence-electron chi connectivity index (χ3n) is 7.17. The average Bonchev–Trinajstić information content (AvgIpc) is 3.15. The summed E-state index contributed by atoms with van der Waals surface area (Å²) in [7, 11) is 3.50. The first kappa shape index (κ1) is 20.5. The number of fused-ring (bicyclic) bond motifs is 2. The van der Waals surface area contributed by atoms with Gasteiger partial charge in [-0.2, -0.15) is 0 Å². The molecule has 2 aromatic carbocycles. The van der Waals surface area contributed by atoms with E-state index in [0.29, 0.717) is 17.4 Å². The first-order valence-electron chi connectivity index (χ1n) is 10.4. The predicted octanol–water partition coefficient (Wildman–Crippen LogP) is 1.85. The molecule has 0 fully saturated rings. The van der Waals surface area contributed by atoms with Gasteiger partial charge in [-0.15, -0.1) is 0 Å². The number of nitrogens with zero attached hydrogens (tertiary/aromatic N) is 1. The van der Waals surface area contributed by atoms with Crippen LogP contribution in [0.3, 0.4) is 0 Å². The van der Waals surface area contributed by atoms with Crippen molar-refractivity contribution >= 4 is 22.5 Å². The number of hydrogen-bond donors (Lipinski definition) is 4. The molecule has 0 aromatic heterocycles. The van der Waals surface area contributed by atoms with Gasteiger partial charge in [-0.1, -0.05) is 18.2 Å². The maximum atomic E-state index is 14.1. The maximum absolute atomic E-state index is 14.1. The first-order chi connectivity index (χ1) is 15.1. The van der Waals surface area contributed by atoms with Crippen LogP contribution in [0.5, 0.6) is 11.5 Å². The molecule has 0 unspecified atom stereocenters. The maximum Gasteiger partial charge on any atom is 0.252 e. The second kappa shape index (κ2) is 6.57. The van der Waals surface area contributed by atoms with Gasteiger partial charge in [-0.3, -0.25) is 14.5 Å². The quantitative estimate of drug-likeness (QED) is 0.565. The van der Waals surface area contributed by atoms with Crippen LogP contribution in [0.4, 0.5) is 0 Å². The number of likely N-dealkylation sites (N-methyl/N-ethyl adjacent to an activating group) is 1. The number of primary amides is 1. The first-order valence-corrected chi connectivity index (χ1v) is 10.4. The molecule has 2 aliphatic carbocycles. The Morgan fingerprint density at radius 3 is 2.62 bits per heavy atom. The monoisotopic (exact) mass is 436 g/mol. The molecule has 1 heterocycles. The van der Waals surface area contributed by atoms with Crippen LogP contribution in [-0.4, -0.2) is 64.3 Å². The lowest BCUT2D eigenvalue weighted by molar-refractivity contribution is -0.115. The molecule has 0 radical (unpaired) electrons. The number of aliphatic hydroxyl groups is 1. The van der Waals surface area contributed by atoms with Crippen molar-refractivity contribution in [3.63, 3.8) is 0 Å². The number of hydrogen-bond acceptors (Lipinski definition) is 7. The number of aryl methyl sites for hydroxylation is 1. The standard InChI is InChI=1S/C24H24N2O6/c1-10-11-5-4-6-15(27)16(11)20(28)17-12(10)9-14-19(26(2)3)21(29)18(23(25)31)13-7-8-32-24(13,14)22(17)30/h4-7,14,19,27-29H,8-9H2,1-3H3,(H2,25,31)/t14-,19+,24-/m0/s1. The fraction of sp³-hybridized carbons (Fsp3) is 0.333. The highest BCUT2D eigenvalue weighted by Gasteiger charge is 2.63. The van der Waals surface area contributed by atoms with Crippen molar-refractivity contribution in [2.45, 2.75) is 25.0 Å². The van der Waals surface area contributed by atoms with Gasteiger partial charge in [0.25, 0.3) is 5.91 Å². The average molecular weight is 436 g/mol. The zero-order valence-electron chi connectivity index (χ0n) is 18.0.